The summed E-state index contributed by atoms with van der Waals surface area (Å²) >= 11 is 6.21. The Bertz CT molecular complexity index is 629. The van der Waals surface area contributed by atoms with E-state index in [1.165, 1.54) is 5.56 Å². The van der Waals surface area contributed by atoms with Gasteiger partial charge in [0.25, 0.3) is 0 Å². The first-order chi connectivity index (χ1) is 10.2. The third kappa shape index (κ3) is 3.47. The molecule has 110 valence electrons. The third-order valence-corrected chi connectivity index (χ3v) is 3.61. The molecule has 0 saturated heterocycles. The fourth-order valence-corrected chi connectivity index (χ4v) is 2.52. The smallest absolute Gasteiger partial charge is 0.173 e. The second-order valence-corrected chi connectivity index (χ2v) is 5.03. The van der Waals surface area contributed by atoms with Gasteiger partial charge in [0.1, 0.15) is 0 Å². The van der Waals surface area contributed by atoms with Crippen LogP contribution in [0, 0.1) is 0 Å². The van der Waals surface area contributed by atoms with E-state index in [9.17, 15) is 0 Å². The molecule has 0 unspecified atom stereocenters. The van der Waals surface area contributed by atoms with Crippen molar-refractivity contribution in [3.05, 3.63) is 64.7 Å². The summed E-state index contributed by atoms with van der Waals surface area (Å²) in [5.74, 6) is 0.0158. The number of hydrogen-bond acceptors (Lipinski definition) is 3. The number of rotatable bonds is 5. The van der Waals surface area contributed by atoms with Gasteiger partial charge in [-0.2, -0.15) is 0 Å². The summed E-state index contributed by atoms with van der Waals surface area (Å²) < 4.78 is 0. The van der Waals surface area contributed by atoms with Gasteiger partial charge in [-0.25, -0.2) is 0 Å². The summed E-state index contributed by atoms with van der Waals surface area (Å²) in [7, 11) is 0. The Kier molecular flexibility index (Phi) is 5.06. The number of anilines is 1. The van der Waals surface area contributed by atoms with Crippen molar-refractivity contribution in [2.24, 2.45) is 10.9 Å². The van der Waals surface area contributed by atoms with Crippen LogP contribution in [0.2, 0.25) is 5.02 Å². The van der Waals surface area contributed by atoms with Crippen LogP contribution in [0.3, 0.4) is 0 Å². The average Bonchev–Trinajstić information content (AvgIpc) is 2.52. The van der Waals surface area contributed by atoms with Gasteiger partial charge in [0.15, 0.2) is 5.84 Å². The summed E-state index contributed by atoms with van der Waals surface area (Å²) in [6, 6.07) is 15.6. The van der Waals surface area contributed by atoms with Gasteiger partial charge < -0.3 is 15.8 Å². The standard InChI is InChI=1S/C16H18ClN3O/c1-2-20(11-12-7-4-3-5-8-12)14-10-6-9-13(17)15(14)16(18)19-21/h3-10,21H,2,11H2,1H3,(H2,18,19). The maximum atomic E-state index is 8.97. The summed E-state index contributed by atoms with van der Waals surface area (Å²) in [6.07, 6.45) is 0. The van der Waals surface area contributed by atoms with Crippen molar-refractivity contribution in [1.82, 2.24) is 0 Å². The third-order valence-electron chi connectivity index (χ3n) is 3.29. The fourth-order valence-electron chi connectivity index (χ4n) is 2.25. The zero-order chi connectivity index (χ0) is 15.2. The summed E-state index contributed by atoms with van der Waals surface area (Å²) in [5, 5.41) is 12.5. The lowest BCUT2D eigenvalue weighted by atomic mass is 10.1. The molecule has 2 aromatic rings. The minimum absolute atomic E-state index is 0.0158. The normalized spacial score (nSPS) is 11.4. The Morgan fingerprint density at radius 2 is 1.90 bits per heavy atom. The van der Waals surface area contributed by atoms with E-state index < -0.39 is 0 Å². The van der Waals surface area contributed by atoms with Crippen molar-refractivity contribution in [3.63, 3.8) is 0 Å². The summed E-state index contributed by atoms with van der Waals surface area (Å²) in [4.78, 5) is 2.13. The molecule has 0 aliphatic heterocycles. The largest absolute Gasteiger partial charge is 0.409 e. The van der Waals surface area contributed by atoms with E-state index in [-0.39, 0.29) is 5.84 Å². The van der Waals surface area contributed by atoms with Crippen molar-refractivity contribution < 1.29 is 5.21 Å². The van der Waals surface area contributed by atoms with Crippen LogP contribution in [0.1, 0.15) is 18.1 Å². The van der Waals surface area contributed by atoms with E-state index in [2.05, 4.69) is 29.1 Å². The molecule has 2 rings (SSSR count). The molecule has 2 aromatic carbocycles. The molecule has 0 radical (unpaired) electrons. The molecular formula is C16H18ClN3O. The molecule has 3 N–H and O–H groups in total. The molecule has 0 heterocycles. The average molecular weight is 304 g/mol. The van der Waals surface area contributed by atoms with E-state index in [1.54, 1.807) is 6.07 Å². The second-order valence-electron chi connectivity index (χ2n) is 4.62. The first-order valence-electron chi connectivity index (χ1n) is 6.72. The van der Waals surface area contributed by atoms with E-state index in [1.807, 2.05) is 30.3 Å². The first-order valence-corrected chi connectivity index (χ1v) is 7.10. The minimum Gasteiger partial charge on any atom is -0.409 e. The molecule has 0 atom stereocenters. The molecule has 0 fully saturated rings. The van der Waals surface area contributed by atoms with Crippen LogP contribution in [0.4, 0.5) is 5.69 Å². The number of amidine groups is 1. The Balaban J connectivity index is 2.41. The number of nitrogens with two attached hydrogens (primary N) is 1. The predicted octanol–water partition coefficient (Wildman–Crippen LogP) is 3.46. The van der Waals surface area contributed by atoms with Crippen molar-refractivity contribution >= 4 is 23.1 Å². The SMILES string of the molecule is CCN(Cc1ccccc1)c1cccc(Cl)c1C(N)=NO. The van der Waals surface area contributed by atoms with Gasteiger partial charge in [0, 0.05) is 18.8 Å². The zero-order valence-electron chi connectivity index (χ0n) is 11.8. The highest BCUT2D eigenvalue weighted by atomic mass is 35.5. The van der Waals surface area contributed by atoms with Gasteiger partial charge in [0.05, 0.1) is 10.6 Å². The molecule has 0 saturated carbocycles. The molecule has 0 spiro atoms. The lowest BCUT2D eigenvalue weighted by Crippen LogP contribution is -2.26. The highest BCUT2D eigenvalue weighted by molar-refractivity contribution is 6.34. The van der Waals surface area contributed by atoms with Gasteiger partial charge in [-0.3, -0.25) is 0 Å². The highest BCUT2D eigenvalue weighted by Gasteiger charge is 2.16. The van der Waals surface area contributed by atoms with Crippen LogP contribution in [0.5, 0.6) is 0 Å². The fraction of sp³-hybridized carbons (Fsp3) is 0.188. The van der Waals surface area contributed by atoms with E-state index in [0.29, 0.717) is 10.6 Å². The first kappa shape index (κ1) is 15.2. The Morgan fingerprint density at radius 1 is 1.19 bits per heavy atom. The molecule has 0 aliphatic carbocycles. The molecule has 0 aromatic heterocycles. The van der Waals surface area contributed by atoms with E-state index in [4.69, 9.17) is 22.5 Å². The second kappa shape index (κ2) is 6.99. The molecule has 0 amide bonds. The Morgan fingerprint density at radius 3 is 2.52 bits per heavy atom. The van der Waals surface area contributed by atoms with Crippen molar-refractivity contribution in [2.45, 2.75) is 13.5 Å². The topological polar surface area (TPSA) is 61.8 Å². The van der Waals surface area contributed by atoms with Gasteiger partial charge in [0.2, 0.25) is 0 Å². The van der Waals surface area contributed by atoms with Crippen molar-refractivity contribution in [1.29, 1.82) is 0 Å². The number of oxime groups is 1. The zero-order valence-corrected chi connectivity index (χ0v) is 12.6. The maximum Gasteiger partial charge on any atom is 0.173 e. The molecule has 5 heteroatoms. The highest BCUT2D eigenvalue weighted by Crippen LogP contribution is 2.28. The summed E-state index contributed by atoms with van der Waals surface area (Å²) in [6.45, 7) is 3.56. The van der Waals surface area contributed by atoms with Crippen molar-refractivity contribution in [2.75, 3.05) is 11.4 Å². The van der Waals surface area contributed by atoms with E-state index in [0.717, 1.165) is 18.8 Å². The van der Waals surface area contributed by atoms with Crippen LogP contribution >= 0.6 is 11.6 Å². The lowest BCUT2D eigenvalue weighted by molar-refractivity contribution is 0.318. The molecule has 21 heavy (non-hydrogen) atoms. The molecule has 4 nitrogen and oxygen atoms in total. The molecular weight excluding hydrogens is 286 g/mol. The number of nitrogens with zero attached hydrogens (tertiary/aromatic N) is 2. The van der Waals surface area contributed by atoms with Crippen LogP contribution in [0.15, 0.2) is 53.7 Å². The lowest BCUT2D eigenvalue weighted by Gasteiger charge is -2.26. The molecule has 0 bridgehead atoms. The van der Waals surface area contributed by atoms with Crippen LogP contribution in [-0.4, -0.2) is 17.6 Å². The van der Waals surface area contributed by atoms with Crippen LogP contribution < -0.4 is 10.6 Å². The van der Waals surface area contributed by atoms with Crippen LogP contribution in [0.25, 0.3) is 0 Å². The van der Waals surface area contributed by atoms with Crippen molar-refractivity contribution in [3.8, 4) is 0 Å². The number of benzene rings is 2. The minimum atomic E-state index is 0.0158. The number of halogens is 1. The van der Waals surface area contributed by atoms with Gasteiger partial charge in [-0.1, -0.05) is 53.2 Å². The maximum absolute atomic E-state index is 8.97. The Hall–Kier alpha value is -2.20. The predicted molar refractivity (Wildman–Crippen MR) is 87.1 cm³/mol. The van der Waals surface area contributed by atoms with Gasteiger partial charge in [-0.05, 0) is 24.6 Å². The molecule has 0 aliphatic rings. The monoisotopic (exact) mass is 303 g/mol. The number of hydrogen-bond donors (Lipinski definition) is 2. The van der Waals surface area contributed by atoms with Crippen LogP contribution in [-0.2, 0) is 6.54 Å². The summed E-state index contributed by atoms with van der Waals surface area (Å²) in [5.41, 5.74) is 8.36. The van der Waals surface area contributed by atoms with Gasteiger partial charge in [-0.15, -0.1) is 0 Å². The van der Waals surface area contributed by atoms with Gasteiger partial charge >= 0.3 is 0 Å². The Labute approximate surface area is 129 Å². The van der Waals surface area contributed by atoms with E-state index >= 15 is 0 Å². The quantitative estimate of drug-likeness (QED) is 0.385.